The number of carbonyl (C=O) groups is 1. The lowest BCUT2D eigenvalue weighted by molar-refractivity contribution is 0.262. The molecule has 4 rings (SSSR count). The molecule has 1 aliphatic carbocycles. The molecular formula is C21H19BrFN3O3. The smallest absolute Gasteiger partial charge is 0.362 e. The summed E-state index contributed by atoms with van der Waals surface area (Å²) < 4.78 is 19.9. The van der Waals surface area contributed by atoms with E-state index in [-0.39, 0.29) is 17.4 Å². The van der Waals surface area contributed by atoms with Crippen molar-refractivity contribution in [2.45, 2.75) is 31.7 Å². The molecule has 6 nitrogen and oxygen atoms in total. The maximum absolute atomic E-state index is 14.0. The van der Waals surface area contributed by atoms with Crippen molar-refractivity contribution in [3.8, 4) is 0 Å². The lowest BCUT2D eigenvalue weighted by Gasteiger charge is -2.18. The number of anilines is 3. The van der Waals surface area contributed by atoms with Crippen LogP contribution in [0.4, 0.5) is 26.2 Å². The largest absolute Gasteiger partial charge is 0.421 e. The molecule has 8 heteroatoms. The summed E-state index contributed by atoms with van der Waals surface area (Å²) in [5, 5.41) is 9.06. The number of rotatable bonds is 4. The summed E-state index contributed by atoms with van der Waals surface area (Å²) in [5.41, 5.74) is 0.292. The molecule has 3 N–H and O–H groups in total. The Bertz CT molecular complexity index is 1130. The van der Waals surface area contributed by atoms with E-state index in [1.807, 2.05) is 12.1 Å². The van der Waals surface area contributed by atoms with Crippen LogP contribution in [-0.2, 0) is 0 Å². The topological polar surface area (TPSA) is 83.4 Å². The standard InChI is InChI=1S/C21H19BrFN3O3/c22-12-9-10-16(15(23)11-12)25-21(28)26-19-18(24-13-5-1-2-6-13)14-7-3-4-8-17(14)29-20(19)27/h3-4,7-11,13,24H,1-2,5-6H2,(H2,25,26,28). The van der Waals surface area contributed by atoms with E-state index in [0.29, 0.717) is 21.1 Å². The van der Waals surface area contributed by atoms with E-state index in [1.165, 1.54) is 12.1 Å². The first-order valence-corrected chi connectivity index (χ1v) is 10.2. The van der Waals surface area contributed by atoms with Crippen LogP contribution in [0.15, 0.2) is 56.1 Å². The number of hydrogen-bond acceptors (Lipinski definition) is 4. The van der Waals surface area contributed by atoms with Crippen molar-refractivity contribution in [1.29, 1.82) is 0 Å². The zero-order chi connectivity index (χ0) is 20.4. The molecule has 1 aliphatic rings. The van der Waals surface area contributed by atoms with E-state index in [4.69, 9.17) is 4.42 Å². The van der Waals surface area contributed by atoms with Gasteiger partial charge in [0.05, 0.1) is 11.4 Å². The Labute approximate surface area is 174 Å². The number of urea groups is 1. The minimum Gasteiger partial charge on any atom is -0.421 e. The third kappa shape index (κ3) is 4.27. The maximum atomic E-state index is 14.0. The van der Waals surface area contributed by atoms with Gasteiger partial charge in [0.15, 0.2) is 5.69 Å². The van der Waals surface area contributed by atoms with Gasteiger partial charge in [-0.2, -0.15) is 0 Å². The Kier molecular flexibility index (Phi) is 5.53. The van der Waals surface area contributed by atoms with Gasteiger partial charge in [0, 0.05) is 15.9 Å². The second kappa shape index (κ2) is 8.24. The Morgan fingerprint density at radius 1 is 1.07 bits per heavy atom. The highest BCUT2D eigenvalue weighted by Gasteiger charge is 2.22. The number of fused-ring (bicyclic) bond motifs is 1. The molecule has 0 atom stereocenters. The van der Waals surface area contributed by atoms with E-state index in [0.717, 1.165) is 25.7 Å². The quantitative estimate of drug-likeness (QED) is 0.437. The van der Waals surface area contributed by atoms with Gasteiger partial charge in [-0.25, -0.2) is 14.0 Å². The highest BCUT2D eigenvalue weighted by molar-refractivity contribution is 9.10. The molecule has 0 bridgehead atoms. The number of benzene rings is 2. The highest BCUT2D eigenvalue weighted by Crippen LogP contribution is 2.32. The molecule has 1 saturated carbocycles. The molecule has 29 heavy (non-hydrogen) atoms. The van der Waals surface area contributed by atoms with Crippen LogP contribution in [0.2, 0.25) is 0 Å². The first-order valence-electron chi connectivity index (χ1n) is 9.37. The summed E-state index contributed by atoms with van der Waals surface area (Å²) in [4.78, 5) is 25.1. The zero-order valence-electron chi connectivity index (χ0n) is 15.4. The van der Waals surface area contributed by atoms with Gasteiger partial charge >= 0.3 is 11.7 Å². The zero-order valence-corrected chi connectivity index (χ0v) is 17.0. The summed E-state index contributed by atoms with van der Waals surface area (Å²) in [7, 11) is 0. The van der Waals surface area contributed by atoms with Crippen LogP contribution in [0.25, 0.3) is 11.0 Å². The third-order valence-corrected chi connectivity index (χ3v) is 5.43. The average Bonchev–Trinajstić information content (AvgIpc) is 3.20. The Balaban J connectivity index is 1.67. The van der Waals surface area contributed by atoms with E-state index in [9.17, 15) is 14.0 Å². The first kappa shape index (κ1) is 19.4. The molecule has 1 fully saturated rings. The number of halogens is 2. The lowest BCUT2D eigenvalue weighted by atomic mass is 10.1. The third-order valence-electron chi connectivity index (χ3n) is 4.93. The number of hydrogen-bond donors (Lipinski definition) is 3. The second-order valence-electron chi connectivity index (χ2n) is 6.96. The van der Waals surface area contributed by atoms with E-state index in [1.54, 1.807) is 18.2 Å². The number of nitrogens with one attached hydrogen (secondary N) is 3. The normalized spacial score (nSPS) is 14.1. The molecule has 0 spiro atoms. The van der Waals surface area contributed by atoms with Crippen LogP contribution in [0.1, 0.15) is 25.7 Å². The van der Waals surface area contributed by atoms with E-state index < -0.39 is 17.5 Å². The van der Waals surface area contributed by atoms with Gasteiger partial charge in [-0.1, -0.05) is 40.9 Å². The molecule has 0 radical (unpaired) electrons. The molecule has 2 aromatic carbocycles. The number of amides is 2. The van der Waals surface area contributed by atoms with Gasteiger partial charge < -0.3 is 15.1 Å². The van der Waals surface area contributed by atoms with Gasteiger partial charge in [-0.05, 0) is 43.2 Å². The molecule has 0 saturated heterocycles. The second-order valence-corrected chi connectivity index (χ2v) is 7.88. The summed E-state index contributed by atoms with van der Waals surface area (Å²) in [5.74, 6) is -0.593. The Morgan fingerprint density at radius 3 is 2.59 bits per heavy atom. The van der Waals surface area contributed by atoms with Gasteiger partial charge in [-0.15, -0.1) is 0 Å². The number of para-hydroxylation sites is 1. The van der Waals surface area contributed by atoms with Crippen LogP contribution in [0.3, 0.4) is 0 Å². The average molecular weight is 460 g/mol. The molecule has 2 amide bonds. The van der Waals surface area contributed by atoms with Crippen LogP contribution in [0, 0.1) is 5.82 Å². The van der Waals surface area contributed by atoms with Crippen molar-refractivity contribution in [1.82, 2.24) is 0 Å². The molecule has 0 unspecified atom stereocenters. The van der Waals surface area contributed by atoms with Crippen molar-refractivity contribution in [3.05, 3.63) is 63.2 Å². The molecular weight excluding hydrogens is 441 g/mol. The number of carbonyl (C=O) groups excluding carboxylic acids is 1. The first-order chi connectivity index (χ1) is 14.0. The van der Waals surface area contributed by atoms with Gasteiger partial charge in [0.25, 0.3) is 0 Å². The summed E-state index contributed by atoms with van der Waals surface area (Å²) in [6, 6.07) is 10.9. The monoisotopic (exact) mass is 459 g/mol. The highest BCUT2D eigenvalue weighted by atomic mass is 79.9. The lowest BCUT2D eigenvalue weighted by Crippen LogP contribution is -2.26. The van der Waals surface area contributed by atoms with Gasteiger partial charge in [-0.3, -0.25) is 5.32 Å². The Morgan fingerprint density at radius 2 is 1.83 bits per heavy atom. The Hall–Kier alpha value is -2.87. The van der Waals surface area contributed by atoms with Crippen molar-refractivity contribution >= 4 is 50.0 Å². The fourth-order valence-electron chi connectivity index (χ4n) is 3.55. The summed E-state index contributed by atoms with van der Waals surface area (Å²) >= 11 is 3.17. The van der Waals surface area contributed by atoms with E-state index in [2.05, 4.69) is 31.9 Å². The van der Waals surface area contributed by atoms with Crippen LogP contribution >= 0.6 is 15.9 Å². The predicted molar refractivity (Wildman–Crippen MR) is 115 cm³/mol. The molecule has 1 aromatic heterocycles. The minimum atomic E-state index is -0.733. The fourth-order valence-corrected chi connectivity index (χ4v) is 3.88. The molecule has 3 aromatic rings. The summed E-state index contributed by atoms with van der Waals surface area (Å²) in [6.45, 7) is 0. The van der Waals surface area contributed by atoms with Crippen molar-refractivity contribution in [2.24, 2.45) is 0 Å². The van der Waals surface area contributed by atoms with Crippen molar-refractivity contribution in [3.63, 3.8) is 0 Å². The van der Waals surface area contributed by atoms with Crippen LogP contribution in [0.5, 0.6) is 0 Å². The SMILES string of the molecule is O=C(Nc1ccc(Br)cc1F)Nc1c(NC2CCCC2)c2ccccc2oc1=O. The molecule has 0 aliphatic heterocycles. The van der Waals surface area contributed by atoms with Crippen molar-refractivity contribution in [2.75, 3.05) is 16.0 Å². The predicted octanol–water partition coefficient (Wildman–Crippen LogP) is 5.69. The maximum Gasteiger partial charge on any atom is 0.362 e. The fraction of sp³-hybridized carbons (Fsp3) is 0.238. The minimum absolute atomic E-state index is 0.00109. The van der Waals surface area contributed by atoms with Crippen molar-refractivity contribution < 1.29 is 13.6 Å². The van der Waals surface area contributed by atoms with Crippen LogP contribution in [-0.4, -0.2) is 12.1 Å². The molecule has 1 heterocycles. The van der Waals surface area contributed by atoms with E-state index >= 15 is 0 Å². The summed E-state index contributed by atoms with van der Waals surface area (Å²) in [6.07, 6.45) is 4.21. The van der Waals surface area contributed by atoms with Gasteiger partial charge in [0.2, 0.25) is 0 Å². The van der Waals surface area contributed by atoms with Crippen LogP contribution < -0.4 is 21.6 Å². The van der Waals surface area contributed by atoms with Gasteiger partial charge in [0.1, 0.15) is 11.4 Å². The molecule has 150 valence electrons.